The van der Waals surface area contributed by atoms with E-state index >= 15 is 0 Å². The molecule has 1 aromatic carbocycles. The third kappa shape index (κ3) is 2.63. The highest BCUT2D eigenvalue weighted by Gasteiger charge is 2.24. The lowest BCUT2D eigenvalue weighted by molar-refractivity contribution is 0.259. The Kier molecular flexibility index (Phi) is 2.25. The quantitative estimate of drug-likeness (QED) is 0.690. The molecule has 1 saturated carbocycles. The molecule has 1 atom stereocenters. The minimum absolute atomic E-state index is 0.304. The van der Waals surface area contributed by atoms with Crippen LogP contribution in [-0.4, -0.2) is 25.4 Å². The molecule has 1 unspecified atom stereocenters. The van der Waals surface area contributed by atoms with Gasteiger partial charge in [0, 0.05) is 6.07 Å². The molecule has 1 aromatic rings. The van der Waals surface area contributed by atoms with Crippen LogP contribution < -0.4 is 9.47 Å². The van der Waals surface area contributed by atoms with Gasteiger partial charge in [-0.25, -0.2) is 0 Å². The third-order valence-electron chi connectivity index (χ3n) is 2.47. The van der Waals surface area contributed by atoms with Crippen LogP contribution in [0.25, 0.3) is 0 Å². The first-order chi connectivity index (χ1) is 7.40. The standard InChI is InChI=1S/C12H14O3/c1-2-10(13-7-12-8-14-12)6-11(3-1)15-9-4-5-9/h1-3,6,9,12H,4-5,7-8H2. The van der Waals surface area contributed by atoms with Gasteiger partial charge < -0.3 is 14.2 Å². The molecule has 2 aliphatic rings. The van der Waals surface area contributed by atoms with Crippen LogP contribution in [0.15, 0.2) is 24.3 Å². The lowest BCUT2D eigenvalue weighted by Crippen LogP contribution is -2.04. The molecule has 0 bridgehead atoms. The van der Waals surface area contributed by atoms with Gasteiger partial charge in [-0.2, -0.15) is 0 Å². The Morgan fingerprint density at radius 3 is 2.80 bits per heavy atom. The molecule has 15 heavy (non-hydrogen) atoms. The van der Waals surface area contributed by atoms with Crippen molar-refractivity contribution in [2.45, 2.75) is 25.0 Å². The van der Waals surface area contributed by atoms with Gasteiger partial charge in [0.15, 0.2) is 0 Å². The van der Waals surface area contributed by atoms with Crippen molar-refractivity contribution in [3.8, 4) is 11.5 Å². The lowest BCUT2D eigenvalue weighted by Gasteiger charge is -2.07. The summed E-state index contributed by atoms with van der Waals surface area (Å²) in [7, 11) is 0. The van der Waals surface area contributed by atoms with Crippen LogP contribution >= 0.6 is 0 Å². The molecular weight excluding hydrogens is 192 g/mol. The molecule has 3 heteroatoms. The highest BCUT2D eigenvalue weighted by molar-refractivity contribution is 5.33. The van der Waals surface area contributed by atoms with Crippen molar-refractivity contribution < 1.29 is 14.2 Å². The third-order valence-corrected chi connectivity index (χ3v) is 2.47. The van der Waals surface area contributed by atoms with Crippen LogP contribution in [0.1, 0.15) is 12.8 Å². The predicted molar refractivity (Wildman–Crippen MR) is 55.3 cm³/mol. The van der Waals surface area contributed by atoms with Gasteiger partial charge in [-0.05, 0) is 25.0 Å². The molecule has 3 nitrogen and oxygen atoms in total. The second-order valence-corrected chi connectivity index (χ2v) is 4.06. The fourth-order valence-electron chi connectivity index (χ4n) is 1.37. The van der Waals surface area contributed by atoms with E-state index in [1.807, 2.05) is 24.3 Å². The van der Waals surface area contributed by atoms with E-state index in [1.54, 1.807) is 0 Å². The van der Waals surface area contributed by atoms with E-state index in [4.69, 9.17) is 14.2 Å². The average Bonchev–Trinajstić information content (AvgIpc) is 3.10. The van der Waals surface area contributed by atoms with Crippen LogP contribution in [0.4, 0.5) is 0 Å². The van der Waals surface area contributed by atoms with Crippen molar-refractivity contribution in [3.05, 3.63) is 24.3 Å². The van der Waals surface area contributed by atoms with Gasteiger partial charge in [0.05, 0.1) is 12.7 Å². The number of hydrogen-bond acceptors (Lipinski definition) is 3. The van der Waals surface area contributed by atoms with E-state index in [1.165, 1.54) is 12.8 Å². The number of ether oxygens (including phenoxy) is 3. The Labute approximate surface area is 89.0 Å². The number of rotatable bonds is 5. The van der Waals surface area contributed by atoms with E-state index in [9.17, 15) is 0 Å². The summed E-state index contributed by atoms with van der Waals surface area (Å²) in [5.74, 6) is 1.77. The maximum Gasteiger partial charge on any atom is 0.123 e. The maximum atomic E-state index is 5.68. The first kappa shape index (κ1) is 9.04. The Balaban J connectivity index is 1.59. The van der Waals surface area contributed by atoms with E-state index in [-0.39, 0.29) is 0 Å². The van der Waals surface area contributed by atoms with Gasteiger partial charge in [-0.15, -0.1) is 0 Å². The number of epoxide rings is 1. The zero-order chi connectivity index (χ0) is 10.1. The normalized spacial score (nSPS) is 23.6. The van der Waals surface area contributed by atoms with Crippen molar-refractivity contribution in [3.63, 3.8) is 0 Å². The zero-order valence-corrected chi connectivity index (χ0v) is 8.52. The van der Waals surface area contributed by atoms with Crippen LogP contribution in [0, 0.1) is 0 Å². The molecule has 0 amide bonds. The molecule has 1 aliphatic heterocycles. The average molecular weight is 206 g/mol. The first-order valence-corrected chi connectivity index (χ1v) is 5.41. The summed E-state index contributed by atoms with van der Waals surface area (Å²) >= 11 is 0. The Morgan fingerprint density at radius 1 is 1.27 bits per heavy atom. The van der Waals surface area contributed by atoms with Crippen molar-refractivity contribution in [2.75, 3.05) is 13.2 Å². The molecule has 1 aliphatic carbocycles. The predicted octanol–water partition coefficient (Wildman–Crippen LogP) is 2.01. The molecule has 1 saturated heterocycles. The molecule has 0 aromatic heterocycles. The lowest BCUT2D eigenvalue weighted by atomic mass is 10.3. The smallest absolute Gasteiger partial charge is 0.123 e. The summed E-state index contributed by atoms with van der Waals surface area (Å²) in [6.07, 6.45) is 3.10. The van der Waals surface area contributed by atoms with Crippen molar-refractivity contribution in [1.82, 2.24) is 0 Å². The molecule has 0 N–H and O–H groups in total. The highest BCUT2D eigenvalue weighted by Crippen LogP contribution is 2.28. The fraction of sp³-hybridized carbons (Fsp3) is 0.500. The molecule has 0 spiro atoms. The first-order valence-electron chi connectivity index (χ1n) is 5.41. The van der Waals surface area contributed by atoms with Gasteiger partial charge in [-0.1, -0.05) is 6.07 Å². The largest absolute Gasteiger partial charge is 0.491 e. The fourth-order valence-corrected chi connectivity index (χ4v) is 1.37. The van der Waals surface area contributed by atoms with Crippen LogP contribution in [0.2, 0.25) is 0 Å². The van der Waals surface area contributed by atoms with Crippen molar-refractivity contribution >= 4 is 0 Å². The number of benzene rings is 1. The van der Waals surface area contributed by atoms with Gasteiger partial charge in [-0.3, -0.25) is 0 Å². The van der Waals surface area contributed by atoms with Gasteiger partial charge >= 0.3 is 0 Å². The van der Waals surface area contributed by atoms with Gasteiger partial charge in [0.25, 0.3) is 0 Å². The van der Waals surface area contributed by atoms with Crippen molar-refractivity contribution in [1.29, 1.82) is 0 Å². The van der Waals surface area contributed by atoms with E-state index in [2.05, 4.69) is 0 Å². The Morgan fingerprint density at radius 2 is 2.07 bits per heavy atom. The summed E-state index contributed by atoms with van der Waals surface area (Å²) in [5, 5.41) is 0. The van der Waals surface area contributed by atoms with Crippen LogP contribution in [0.3, 0.4) is 0 Å². The zero-order valence-electron chi connectivity index (χ0n) is 8.52. The van der Waals surface area contributed by atoms with Crippen LogP contribution in [0.5, 0.6) is 11.5 Å². The van der Waals surface area contributed by atoms with E-state index in [0.717, 1.165) is 18.1 Å². The molecule has 0 radical (unpaired) electrons. The second kappa shape index (κ2) is 3.74. The van der Waals surface area contributed by atoms with E-state index in [0.29, 0.717) is 18.8 Å². The SMILES string of the molecule is c1cc(OCC2CO2)cc(OC2CC2)c1. The minimum atomic E-state index is 0.304. The second-order valence-electron chi connectivity index (χ2n) is 4.06. The summed E-state index contributed by atoms with van der Waals surface area (Å²) in [5.41, 5.74) is 0. The minimum Gasteiger partial charge on any atom is -0.491 e. The Hall–Kier alpha value is -1.22. The summed E-state index contributed by atoms with van der Waals surface area (Å²) in [6.45, 7) is 1.48. The topological polar surface area (TPSA) is 31.0 Å². The monoisotopic (exact) mass is 206 g/mol. The summed E-state index contributed by atoms with van der Waals surface area (Å²) in [4.78, 5) is 0. The molecule has 2 fully saturated rings. The molecule has 80 valence electrons. The highest BCUT2D eigenvalue weighted by atomic mass is 16.6. The molecule has 3 rings (SSSR count). The van der Waals surface area contributed by atoms with E-state index < -0.39 is 0 Å². The molecular formula is C12H14O3. The summed E-state index contributed by atoms with van der Waals surface area (Å²) < 4.78 is 16.3. The number of hydrogen-bond donors (Lipinski definition) is 0. The van der Waals surface area contributed by atoms with Crippen molar-refractivity contribution in [2.24, 2.45) is 0 Å². The van der Waals surface area contributed by atoms with Gasteiger partial charge in [0.2, 0.25) is 0 Å². The molecule has 1 heterocycles. The Bertz CT molecular complexity index is 342. The van der Waals surface area contributed by atoms with Crippen LogP contribution in [-0.2, 0) is 4.74 Å². The maximum absolute atomic E-state index is 5.68. The summed E-state index contributed by atoms with van der Waals surface area (Å²) in [6, 6.07) is 7.82. The van der Waals surface area contributed by atoms with Gasteiger partial charge in [0.1, 0.15) is 24.2 Å².